The Morgan fingerprint density at radius 1 is 1.06 bits per heavy atom. The van der Waals surface area contributed by atoms with Gasteiger partial charge in [0.15, 0.2) is 0 Å². The minimum absolute atomic E-state index is 0.0202. The van der Waals surface area contributed by atoms with Crippen LogP contribution in [0.25, 0.3) is 0 Å². The van der Waals surface area contributed by atoms with Gasteiger partial charge in [0.05, 0.1) is 18.8 Å². The monoisotopic (exact) mass is 477 g/mol. The third-order valence-corrected chi connectivity index (χ3v) is 7.13. The second-order valence-corrected chi connectivity index (χ2v) is 9.49. The van der Waals surface area contributed by atoms with Crippen molar-refractivity contribution in [2.45, 2.75) is 31.3 Å². The Balaban J connectivity index is 1.15. The number of carbonyl (C=O) groups excluding carboxylic acids is 2. The van der Waals surface area contributed by atoms with E-state index in [4.69, 9.17) is 4.42 Å². The van der Waals surface area contributed by atoms with Crippen molar-refractivity contribution in [3.8, 4) is 0 Å². The van der Waals surface area contributed by atoms with Gasteiger partial charge >= 0.3 is 6.03 Å². The minimum Gasteiger partial charge on any atom is -0.463 e. The Bertz CT molecular complexity index is 1120. The predicted molar refractivity (Wildman–Crippen MR) is 132 cm³/mol. The van der Waals surface area contributed by atoms with Crippen molar-refractivity contribution in [3.63, 3.8) is 0 Å². The number of hydrazone groups is 1. The van der Waals surface area contributed by atoms with Crippen molar-refractivity contribution >= 4 is 34.7 Å². The molecule has 2 aromatic heterocycles. The summed E-state index contributed by atoms with van der Waals surface area (Å²) in [7, 11) is 0. The van der Waals surface area contributed by atoms with Gasteiger partial charge in [-0.1, -0.05) is 24.3 Å². The first-order valence-electron chi connectivity index (χ1n) is 11.5. The molecule has 0 spiro atoms. The molecule has 1 unspecified atom stereocenters. The van der Waals surface area contributed by atoms with Crippen LogP contribution in [0, 0.1) is 0 Å². The predicted octanol–water partition coefficient (Wildman–Crippen LogP) is 4.30. The van der Waals surface area contributed by atoms with Gasteiger partial charge in [0, 0.05) is 36.1 Å². The number of nitrogens with zero attached hydrogens (tertiary/aromatic N) is 3. The molecule has 0 bridgehead atoms. The molecule has 8 nitrogen and oxygen atoms in total. The van der Waals surface area contributed by atoms with Gasteiger partial charge in [-0.15, -0.1) is 11.3 Å². The number of hydrogen-bond donors (Lipinski definition) is 2. The van der Waals surface area contributed by atoms with Crippen molar-refractivity contribution in [1.29, 1.82) is 0 Å². The topological polar surface area (TPSA) is 90.2 Å². The lowest BCUT2D eigenvalue weighted by molar-refractivity contribution is -0.134. The van der Waals surface area contributed by atoms with Crippen LogP contribution in [-0.4, -0.2) is 53.2 Å². The number of thiophene rings is 1. The van der Waals surface area contributed by atoms with E-state index in [2.05, 4.69) is 20.6 Å². The van der Waals surface area contributed by atoms with E-state index in [9.17, 15) is 9.59 Å². The third kappa shape index (κ3) is 5.21. The Kier molecular flexibility index (Phi) is 6.73. The molecule has 4 heterocycles. The van der Waals surface area contributed by atoms with Gasteiger partial charge in [-0.3, -0.25) is 9.69 Å². The summed E-state index contributed by atoms with van der Waals surface area (Å²) in [6.45, 7) is 1.79. The van der Waals surface area contributed by atoms with Gasteiger partial charge in [0.2, 0.25) is 0 Å². The van der Waals surface area contributed by atoms with Crippen LogP contribution in [0.1, 0.15) is 35.9 Å². The highest BCUT2D eigenvalue weighted by molar-refractivity contribution is 7.10. The molecule has 1 saturated heterocycles. The van der Waals surface area contributed by atoms with Gasteiger partial charge in [-0.2, -0.15) is 5.10 Å². The number of urea groups is 1. The number of carbonyl (C=O) groups is 2. The fourth-order valence-corrected chi connectivity index (χ4v) is 5.22. The molecule has 0 aliphatic carbocycles. The number of anilines is 1. The molecule has 176 valence electrons. The molecule has 34 heavy (non-hydrogen) atoms. The highest BCUT2D eigenvalue weighted by Crippen LogP contribution is 2.35. The zero-order chi connectivity index (χ0) is 23.3. The van der Waals surface area contributed by atoms with E-state index >= 15 is 0 Å². The average molecular weight is 478 g/mol. The Hall–Kier alpha value is -3.43. The van der Waals surface area contributed by atoms with E-state index in [0.29, 0.717) is 18.7 Å². The van der Waals surface area contributed by atoms with Crippen LogP contribution >= 0.6 is 11.3 Å². The number of benzene rings is 1. The number of amides is 3. The van der Waals surface area contributed by atoms with E-state index in [-0.39, 0.29) is 24.0 Å². The van der Waals surface area contributed by atoms with Crippen LogP contribution in [0.2, 0.25) is 0 Å². The number of nitrogens with one attached hydrogen (secondary N) is 2. The highest BCUT2D eigenvalue weighted by atomic mass is 32.1. The molecule has 3 amide bonds. The first-order chi connectivity index (χ1) is 16.7. The third-order valence-electron chi connectivity index (χ3n) is 6.16. The van der Waals surface area contributed by atoms with Crippen molar-refractivity contribution in [3.05, 3.63) is 76.9 Å². The Labute approximate surface area is 202 Å². The Morgan fingerprint density at radius 2 is 1.88 bits per heavy atom. The lowest BCUT2D eigenvalue weighted by Gasteiger charge is -2.33. The smallest absolute Gasteiger partial charge is 0.319 e. The molecule has 1 aromatic carbocycles. The minimum atomic E-state index is -0.198. The zero-order valence-electron chi connectivity index (χ0n) is 18.7. The molecule has 0 radical (unpaired) electrons. The van der Waals surface area contributed by atoms with Crippen LogP contribution in [0.15, 0.2) is 75.8 Å². The molecule has 1 atom stereocenters. The van der Waals surface area contributed by atoms with Gasteiger partial charge in [0.25, 0.3) is 5.91 Å². The SMILES string of the molecule is O=C(Nc1ccccc1)NC1CCN(CC(=O)N2N=C(c3ccco3)CC2c2cccs2)CC1. The van der Waals surface area contributed by atoms with Gasteiger partial charge in [-0.05, 0) is 48.6 Å². The van der Waals surface area contributed by atoms with Gasteiger partial charge in [0.1, 0.15) is 11.5 Å². The average Bonchev–Trinajstić information content (AvgIpc) is 3.62. The summed E-state index contributed by atoms with van der Waals surface area (Å²) in [6, 6.07) is 16.9. The summed E-state index contributed by atoms with van der Waals surface area (Å²) in [6.07, 6.45) is 3.86. The fraction of sp³-hybridized carbons (Fsp3) is 0.320. The van der Waals surface area contributed by atoms with Gasteiger partial charge in [-0.25, -0.2) is 9.80 Å². The first kappa shape index (κ1) is 22.4. The largest absolute Gasteiger partial charge is 0.463 e. The summed E-state index contributed by atoms with van der Waals surface area (Å²) in [5.74, 6) is 0.686. The molecule has 1 fully saturated rings. The van der Waals surface area contributed by atoms with E-state index in [0.717, 1.165) is 42.2 Å². The number of para-hydroxylation sites is 1. The summed E-state index contributed by atoms with van der Waals surface area (Å²) >= 11 is 1.64. The maximum atomic E-state index is 13.3. The van der Waals surface area contributed by atoms with E-state index in [1.165, 1.54) is 0 Å². The second-order valence-electron chi connectivity index (χ2n) is 8.51. The molecular formula is C25H27N5O3S. The lowest BCUT2D eigenvalue weighted by Crippen LogP contribution is -2.48. The number of likely N-dealkylation sites (tertiary alicyclic amines) is 1. The summed E-state index contributed by atoms with van der Waals surface area (Å²) < 4.78 is 5.53. The maximum Gasteiger partial charge on any atom is 0.319 e. The molecule has 2 aliphatic heterocycles. The van der Waals surface area contributed by atoms with Gasteiger partial charge < -0.3 is 15.1 Å². The molecular weight excluding hydrogens is 450 g/mol. The van der Waals surface area contributed by atoms with Crippen molar-refractivity contribution in [1.82, 2.24) is 15.2 Å². The molecule has 9 heteroatoms. The summed E-state index contributed by atoms with van der Waals surface area (Å²) in [4.78, 5) is 28.8. The van der Waals surface area contributed by atoms with Crippen LogP contribution < -0.4 is 10.6 Å². The van der Waals surface area contributed by atoms with E-state index in [1.807, 2.05) is 60.0 Å². The summed E-state index contributed by atoms with van der Waals surface area (Å²) in [5, 5.41) is 14.2. The normalized spacial score (nSPS) is 19.1. The number of piperidine rings is 1. The molecule has 2 aliphatic rings. The zero-order valence-corrected chi connectivity index (χ0v) is 19.5. The second kappa shape index (κ2) is 10.2. The quantitative estimate of drug-likeness (QED) is 0.554. The molecule has 5 rings (SSSR count). The van der Waals surface area contributed by atoms with E-state index < -0.39 is 0 Å². The van der Waals surface area contributed by atoms with Crippen LogP contribution in [0.3, 0.4) is 0 Å². The molecule has 3 aromatic rings. The van der Waals surface area contributed by atoms with Crippen molar-refractivity contribution in [2.75, 3.05) is 25.0 Å². The number of rotatable bonds is 6. The Morgan fingerprint density at radius 3 is 2.59 bits per heavy atom. The molecule has 2 N–H and O–H groups in total. The van der Waals surface area contributed by atoms with Crippen molar-refractivity contribution in [2.24, 2.45) is 5.10 Å². The molecule has 0 saturated carbocycles. The lowest BCUT2D eigenvalue weighted by atomic mass is 10.1. The van der Waals surface area contributed by atoms with Crippen LogP contribution in [0.5, 0.6) is 0 Å². The van der Waals surface area contributed by atoms with Crippen molar-refractivity contribution < 1.29 is 14.0 Å². The van der Waals surface area contributed by atoms with E-state index in [1.54, 1.807) is 22.6 Å². The number of furan rings is 1. The van der Waals surface area contributed by atoms with Crippen LogP contribution in [0.4, 0.5) is 10.5 Å². The standard InChI is InChI=1S/C25H27N5O3S/c31-24(30-21(23-9-5-15-34-23)16-20(28-30)22-8-4-14-33-22)17-29-12-10-19(11-13-29)27-25(32)26-18-6-2-1-3-7-18/h1-9,14-15,19,21H,10-13,16-17H2,(H2,26,27,32). The summed E-state index contributed by atoms with van der Waals surface area (Å²) in [5.41, 5.74) is 1.56. The highest BCUT2D eigenvalue weighted by Gasteiger charge is 2.35. The number of hydrogen-bond acceptors (Lipinski definition) is 6. The fourth-order valence-electron chi connectivity index (χ4n) is 4.41. The maximum absolute atomic E-state index is 13.3. The van der Waals surface area contributed by atoms with Crippen LogP contribution in [-0.2, 0) is 4.79 Å². The first-order valence-corrected chi connectivity index (χ1v) is 12.4.